The Morgan fingerprint density at radius 2 is 1.41 bits per heavy atom. The van der Waals surface area contributed by atoms with Crippen LogP contribution in [0, 0.1) is 0 Å². The third-order valence-corrected chi connectivity index (χ3v) is 4.60. The first kappa shape index (κ1) is 19.3. The largest absolute Gasteiger partial charge is 0.256 e. The molecule has 0 N–H and O–H groups in total. The maximum atomic E-state index is 2.53. The molecule has 0 amide bonds. The average molecular weight is 308 g/mol. The molecule has 0 saturated carbocycles. The summed E-state index contributed by atoms with van der Waals surface area (Å²) in [6, 6.07) is 0. The Morgan fingerprint density at radius 3 is 2.14 bits per heavy atom. The van der Waals surface area contributed by atoms with Crippen LogP contribution in [0.4, 0.5) is 0 Å². The molecule has 0 aliphatic rings. The van der Waals surface area contributed by atoms with Gasteiger partial charge >= 0.3 is 0 Å². The first-order chi connectivity index (χ1) is 10.8. The summed E-state index contributed by atoms with van der Waals surface area (Å²) in [6.07, 6.45) is 20.8. The lowest BCUT2D eigenvalue weighted by Crippen LogP contribution is -2.37. The fourth-order valence-corrected chi connectivity index (χ4v) is 3.14. The molecule has 0 spiro atoms. The third kappa shape index (κ3) is 7.47. The van der Waals surface area contributed by atoms with E-state index in [2.05, 4.69) is 42.3 Å². The summed E-state index contributed by atoms with van der Waals surface area (Å²) in [5, 5.41) is 0. The predicted octanol–water partition coefficient (Wildman–Crippen LogP) is 5.67. The van der Waals surface area contributed by atoms with Gasteiger partial charge in [0.15, 0.2) is 0 Å². The fraction of sp³-hybridized carbons (Fsp3) is 0.850. The van der Waals surface area contributed by atoms with E-state index in [0.29, 0.717) is 0 Å². The molecule has 0 fully saturated rings. The molecule has 128 valence electrons. The molecule has 0 unspecified atom stereocenters. The van der Waals surface area contributed by atoms with Crippen molar-refractivity contribution in [2.45, 2.75) is 111 Å². The summed E-state index contributed by atoms with van der Waals surface area (Å²) in [5.41, 5.74) is 0. The van der Waals surface area contributed by atoms with Crippen molar-refractivity contribution in [2.24, 2.45) is 0 Å². The SMILES string of the molecule is CCCCCCCc1n(CCCCC)cc[n+]1CCCCC. The standard InChI is InChI=1S/C20H39N2/c1-4-7-10-11-12-15-20-21(16-13-8-5-2)18-19-22(20)17-14-9-6-3/h18-19H,4-17H2,1-3H3/q+1. The van der Waals surface area contributed by atoms with Crippen molar-refractivity contribution in [3.8, 4) is 0 Å². The van der Waals surface area contributed by atoms with Gasteiger partial charge in [0, 0.05) is 6.42 Å². The van der Waals surface area contributed by atoms with Crippen LogP contribution in [0.15, 0.2) is 12.4 Å². The lowest BCUT2D eigenvalue weighted by atomic mass is 10.1. The Kier molecular flexibility index (Phi) is 11.1. The Balaban J connectivity index is 2.54. The van der Waals surface area contributed by atoms with Gasteiger partial charge in [0.1, 0.15) is 12.4 Å². The average Bonchev–Trinajstić information content (AvgIpc) is 2.90. The third-order valence-electron chi connectivity index (χ3n) is 4.60. The first-order valence-electron chi connectivity index (χ1n) is 9.90. The van der Waals surface area contributed by atoms with Crippen LogP contribution in [0.5, 0.6) is 0 Å². The highest BCUT2D eigenvalue weighted by atomic mass is 15.1. The van der Waals surface area contributed by atoms with Crippen LogP contribution in [-0.2, 0) is 19.5 Å². The van der Waals surface area contributed by atoms with Gasteiger partial charge in [-0.15, -0.1) is 0 Å². The minimum Gasteiger partial charge on any atom is -0.234 e. The summed E-state index contributed by atoms with van der Waals surface area (Å²) in [5.74, 6) is 1.57. The van der Waals surface area contributed by atoms with Crippen LogP contribution in [0.1, 0.15) is 97.2 Å². The molecule has 1 aromatic heterocycles. The van der Waals surface area contributed by atoms with Crippen molar-refractivity contribution in [3.05, 3.63) is 18.2 Å². The highest BCUT2D eigenvalue weighted by Crippen LogP contribution is 2.09. The molecule has 1 heterocycles. The number of aromatic nitrogens is 2. The summed E-state index contributed by atoms with van der Waals surface area (Å²) >= 11 is 0. The zero-order valence-electron chi connectivity index (χ0n) is 15.4. The zero-order valence-corrected chi connectivity index (χ0v) is 15.4. The van der Waals surface area contributed by atoms with Gasteiger partial charge in [-0.3, -0.25) is 0 Å². The van der Waals surface area contributed by atoms with Gasteiger partial charge in [-0.25, -0.2) is 9.13 Å². The highest BCUT2D eigenvalue weighted by molar-refractivity contribution is 4.84. The second-order valence-electron chi connectivity index (χ2n) is 6.68. The maximum absolute atomic E-state index is 2.53. The number of nitrogens with zero attached hydrogens (tertiary/aromatic N) is 2. The monoisotopic (exact) mass is 307 g/mol. The number of hydrogen-bond donors (Lipinski definition) is 0. The van der Waals surface area contributed by atoms with Gasteiger partial charge < -0.3 is 0 Å². The topological polar surface area (TPSA) is 8.81 Å². The van der Waals surface area contributed by atoms with Gasteiger partial charge in [0.25, 0.3) is 5.82 Å². The Hall–Kier alpha value is -0.790. The van der Waals surface area contributed by atoms with E-state index in [1.165, 1.54) is 90.1 Å². The van der Waals surface area contributed by atoms with E-state index >= 15 is 0 Å². The number of unbranched alkanes of at least 4 members (excludes halogenated alkanes) is 8. The number of hydrogen-bond acceptors (Lipinski definition) is 0. The lowest BCUT2D eigenvalue weighted by Gasteiger charge is -2.06. The van der Waals surface area contributed by atoms with E-state index in [1.807, 2.05) is 0 Å². The molecule has 0 atom stereocenters. The Bertz CT molecular complexity index is 340. The summed E-state index contributed by atoms with van der Waals surface area (Å²) in [4.78, 5) is 0. The van der Waals surface area contributed by atoms with Crippen molar-refractivity contribution in [1.82, 2.24) is 4.57 Å². The lowest BCUT2D eigenvalue weighted by molar-refractivity contribution is -0.704. The van der Waals surface area contributed by atoms with E-state index in [4.69, 9.17) is 0 Å². The quantitative estimate of drug-likeness (QED) is 0.309. The summed E-state index contributed by atoms with van der Waals surface area (Å²) in [6.45, 7) is 9.28. The van der Waals surface area contributed by atoms with Crippen LogP contribution in [0.25, 0.3) is 0 Å². The molecule has 0 aliphatic heterocycles. The van der Waals surface area contributed by atoms with E-state index in [0.717, 1.165) is 0 Å². The van der Waals surface area contributed by atoms with E-state index < -0.39 is 0 Å². The van der Waals surface area contributed by atoms with E-state index in [9.17, 15) is 0 Å². The van der Waals surface area contributed by atoms with Gasteiger partial charge in [-0.2, -0.15) is 0 Å². The van der Waals surface area contributed by atoms with Crippen molar-refractivity contribution >= 4 is 0 Å². The highest BCUT2D eigenvalue weighted by Gasteiger charge is 2.16. The molecule has 0 aliphatic carbocycles. The van der Waals surface area contributed by atoms with Crippen LogP contribution in [0.3, 0.4) is 0 Å². The predicted molar refractivity (Wildman–Crippen MR) is 96.1 cm³/mol. The van der Waals surface area contributed by atoms with Crippen LogP contribution in [-0.4, -0.2) is 4.57 Å². The fourth-order valence-electron chi connectivity index (χ4n) is 3.14. The van der Waals surface area contributed by atoms with Gasteiger partial charge in [-0.05, 0) is 32.1 Å². The van der Waals surface area contributed by atoms with E-state index in [-0.39, 0.29) is 0 Å². The van der Waals surface area contributed by atoms with Gasteiger partial charge in [0.05, 0.1) is 13.1 Å². The van der Waals surface area contributed by atoms with Crippen molar-refractivity contribution in [3.63, 3.8) is 0 Å². The second kappa shape index (κ2) is 12.7. The molecule has 0 radical (unpaired) electrons. The van der Waals surface area contributed by atoms with Gasteiger partial charge in [-0.1, -0.05) is 59.3 Å². The smallest absolute Gasteiger partial charge is 0.234 e. The number of rotatable bonds is 14. The van der Waals surface area contributed by atoms with Crippen molar-refractivity contribution < 1.29 is 4.57 Å². The summed E-state index contributed by atoms with van der Waals surface area (Å²) < 4.78 is 5.06. The second-order valence-corrected chi connectivity index (χ2v) is 6.68. The molecule has 1 rings (SSSR count). The van der Waals surface area contributed by atoms with Crippen molar-refractivity contribution in [1.29, 1.82) is 0 Å². The Labute approximate surface area is 138 Å². The first-order valence-corrected chi connectivity index (χ1v) is 9.90. The van der Waals surface area contributed by atoms with Crippen LogP contribution >= 0.6 is 0 Å². The summed E-state index contributed by atoms with van der Waals surface area (Å²) in [7, 11) is 0. The molecule has 22 heavy (non-hydrogen) atoms. The van der Waals surface area contributed by atoms with Crippen molar-refractivity contribution in [2.75, 3.05) is 0 Å². The maximum Gasteiger partial charge on any atom is 0.256 e. The van der Waals surface area contributed by atoms with E-state index in [1.54, 1.807) is 5.82 Å². The number of aryl methyl sites for hydroxylation is 2. The van der Waals surface area contributed by atoms with Gasteiger partial charge in [0.2, 0.25) is 0 Å². The molecule has 0 bridgehead atoms. The van der Waals surface area contributed by atoms with Crippen LogP contribution < -0.4 is 4.57 Å². The molecular formula is C20H39N2+. The number of imidazole rings is 1. The molecule has 2 nitrogen and oxygen atoms in total. The Morgan fingerprint density at radius 1 is 0.773 bits per heavy atom. The molecule has 1 aromatic rings. The minimum absolute atomic E-state index is 1.21. The molecule has 2 heteroatoms. The minimum atomic E-state index is 1.21. The zero-order chi connectivity index (χ0) is 16.0. The molecule has 0 aromatic carbocycles. The molecular weight excluding hydrogens is 268 g/mol. The van der Waals surface area contributed by atoms with Crippen LogP contribution in [0.2, 0.25) is 0 Å². The normalized spacial score (nSPS) is 11.2. The molecule has 0 saturated heterocycles.